The maximum atomic E-state index is 13.7. The molecule has 2 heterocycles. The molecule has 0 radical (unpaired) electrons. The van der Waals surface area contributed by atoms with Crippen LogP contribution < -0.4 is 0 Å². The average Bonchev–Trinajstić information content (AvgIpc) is 3.35. The number of hydrogen-bond acceptors (Lipinski definition) is 3. The van der Waals surface area contributed by atoms with Crippen molar-refractivity contribution in [2.75, 3.05) is 13.1 Å². The highest BCUT2D eigenvalue weighted by molar-refractivity contribution is 7.10. The number of hydrogen-bond donors (Lipinski definition) is 0. The molecule has 1 aromatic heterocycles. The van der Waals surface area contributed by atoms with Crippen molar-refractivity contribution < 1.29 is 9.59 Å². The molecule has 4 nitrogen and oxygen atoms in total. The number of nitrogens with zero attached hydrogens (tertiary/aromatic N) is 2. The van der Waals surface area contributed by atoms with Crippen LogP contribution in [-0.4, -0.2) is 40.7 Å². The molecule has 0 aliphatic carbocycles. The standard InChI is InChI=1S/C29H41ClN2O2S/c1-4-6-7-8-9-10-11-12-27(33)32(22(3)5-2)21-28(34)31-19-17-26-25(18-20-35-26)29(31)23-13-15-24(30)16-14-23/h13-16,18,20,22,29H,4-12,17,19,21H2,1-3H3. The predicted octanol–water partition coefficient (Wildman–Crippen LogP) is 7.64. The van der Waals surface area contributed by atoms with Crippen LogP contribution in [0.25, 0.3) is 0 Å². The Labute approximate surface area is 220 Å². The Morgan fingerprint density at radius 1 is 1.06 bits per heavy atom. The Morgan fingerprint density at radius 2 is 1.74 bits per heavy atom. The smallest absolute Gasteiger partial charge is 0.243 e. The number of carbonyl (C=O) groups excluding carboxylic acids is 2. The molecule has 2 atom stereocenters. The summed E-state index contributed by atoms with van der Waals surface area (Å²) >= 11 is 7.90. The van der Waals surface area contributed by atoms with Gasteiger partial charge >= 0.3 is 0 Å². The van der Waals surface area contributed by atoms with E-state index in [4.69, 9.17) is 11.6 Å². The minimum absolute atomic E-state index is 0.0232. The summed E-state index contributed by atoms with van der Waals surface area (Å²) in [5.41, 5.74) is 2.26. The van der Waals surface area contributed by atoms with Gasteiger partial charge in [0.15, 0.2) is 0 Å². The van der Waals surface area contributed by atoms with Crippen LogP contribution in [0.15, 0.2) is 35.7 Å². The Hall–Kier alpha value is -1.85. The van der Waals surface area contributed by atoms with Gasteiger partial charge in [-0.25, -0.2) is 0 Å². The highest BCUT2D eigenvalue weighted by Crippen LogP contribution is 2.38. The van der Waals surface area contributed by atoms with Crippen LogP contribution in [0.3, 0.4) is 0 Å². The van der Waals surface area contributed by atoms with Crippen molar-refractivity contribution in [2.24, 2.45) is 0 Å². The number of halogens is 1. The molecule has 0 saturated heterocycles. The first kappa shape index (κ1) is 27.7. The Balaban J connectivity index is 1.68. The zero-order valence-corrected chi connectivity index (χ0v) is 23.2. The molecular formula is C29H41ClN2O2S. The van der Waals surface area contributed by atoms with Gasteiger partial charge in [-0.3, -0.25) is 9.59 Å². The fraction of sp³-hybridized carbons (Fsp3) is 0.586. The summed E-state index contributed by atoms with van der Waals surface area (Å²) in [6.45, 7) is 7.18. The van der Waals surface area contributed by atoms with Gasteiger partial charge < -0.3 is 9.80 Å². The van der Waals surface area contributed by atoms with Gasteiger partial charge in [-0.1, -0.05) is 76.1 Å². The van der Waals surface area contributed by atoms with E-state index in [9.17, 15) is 9.59 Å². The highest BCUT2D eigenvalue weighted by Gasteiger charge is 2.34. The topological polar surface area (TPSA) is 40.6 Å². The summed E-state index contributed by atoms with van der Waals surface area (Å²) in [6.07, 6.45) is 10.5. The van der Waals surface area contributed by atoms with Crippen LogP contribution in [-0.2, 0) is 16.0 Å². The number of carbonyl (C=O) groups is 2. The van der Waals surface area contributed by atoms with E-state index in [1.54, 1.807) is 11.3 Å². The minimum atomic E-state index is -0.133. The van der Waals surface area contributed by atoms with Gasteiger partial charge in [0, 0.05) is 28.9 Å². The summed E-state index contributed by atoms with van der Waals surface area (Å²) in [7, 11) is 0. The van der Waals surface area contributed by atoms with Crippen molar-refractivity contribution in [3.63, 3.8) is 0 Å². The van der Waals surface area contributed by atoms with Crippen molar-refractivity contribution in [1.29, 1.82) is 0 Å². The lowest BCUT2D eigenvalue weighted by Crippen LogP contribution is -2.49. The van der Waals surface area contributed by atoms with E-state index in [1.165, 1.54) is 42.5 Å². The van der Waals surface area contributed by atoms with Gasteiger partial charge in [-0.15, -0.1) is 11.3 Å². The van der Waals surface area contributed by atoms with Gasteiger partial charge in [-0.2, -0.15) is 0 Å². The van der Waals surface area contributed by atoms with Crippen LogP contribution >= 0.6 is 22.9 Å². The number of benzene rings is 1. The van der Waals surface area contributed by atoms with E-state index in [-0.39, 0.29) is 30.4 Å². The summed E-state index contributed by atoms with van der Waals surface area (Å²) in [5, 5.41) is 2.80. The normalized spacial score (nSPS) is 16.1. The van der Waals surface area contributed by atoms with Crippen molar-refractivity contribution in [3.05, 3.63) is 56.7 Å². The molecule has 0 fully saturated rings. The van der Waals surface area contributed by atoms with Gasteiger partial charge in [0.05, 0.1) is 6.04 Å². The number of amides is 2. The van der Waals surface area contributed by atoms with Crippen molar-refractivity contribution in [3.8, 4) is 0 Å². The molecule has 1 aromatic carbocycles. The Morgan fingerprint density at radius 3 is 2.43 bits per heavy atom. The minimum Gasteiger partial charge on any atom is -0.331 e. The third kappa shape index (κ3) is 7.57. The van der Waals surface area contributed by atoms with E-state index in [1.807, 2.05) is 34.1 Å². The molecule has 192 valence electrons. The van der Waals surface area contributed by atoms with Crippen LogP contribution in [0.5, 0.6) is 0 Å². The molecule has 0 saturated carbocycles. The first-order chi connectivity index (χ1) is 17.0. The average molecular weight is 517 g/mol. The second-order valence-corrected chi connectivity index (χ2v) is 11.2. The largest absolute Gasteiger partial charge is 0.331 e. The second-order valence-electron chi connectivity index (χ2n) is 9.74. The van der Waals surface area contributed by atoms with Crippen molar-refractivity contribution >= 4 is 34.8 Å². The van der Waals surface area contributed by atoms with E-state index in [0.717, 1.165) is 31.2 Å². The SMILES string of the molecule is CCCCCCCCCC(=O)N(CC(=O)N1CCc2sccc2C1c1ccc(Cl)cc1)C(C)CC. The van der Waals surface area contributed by atoms with Crippen LogP contribution in [0, 0.1) is 0 Å². The van der Waals surface area contributed by atoms with E-state index >= 15 is 0 Å². The third-order valence-corrected chi connectivity index (χ3v) is 8.46. The van der Waals surface area contributed by atoms with Gasteiger partial charge in [0.25, 0.3) is 0 Å². The Bertz CT molecular complexity index is 942. The molecule has 0 N–H and O–H groups in total. The van der Waals surface area contributed by atoms with Crippen LogP contribution in [0.4, 0.5) is 0 Å². The molecule has 2 amide bonds. The molecule has 1 aliphatic heterocycles. The van der Waals surface area contributed by atoms with Crippen molar-refractivity contribution in [2.45, 2.75) is 97.1 Å². The fourth-order valence-corrected chi connectivity index (χ4v) is 5.94. The van der Waals surface area contributed by atoms with Crippen molar-refractivity contribution in [1.82, 2.24) is 9.80 Å². The number of fused-ring (bicyclic) bond motifs is 1. The van der Waals surface area contributed by atoms with E-state index < -0.39 is 0 Å². The van der Waals surface area contributed by atoms with Gasteiger partial charge in [0.1, 0.15) is 6.54 Å². The van der Waals surface area contributed by atoms with Gasteiger partial charge in [-0.05, 0) is 60.9 Å². The number of rotatable bonds is 13. The monoisotopic (exact) mass is 516 g/mol. The molecule has 1 aliphatic rings. The lowest BCUT2D eigenvalue weighted by molar-refractivity contribution is -0.143. The summed E-state index contributed by atoms with van der Waals surface area (Å²) in [5.74, 6) is 0.132. The third-order valence-electron chi connectivity index (χ3n) is 7.22. The molecular weight excluding hydrogens is 476 g/mol. The highest BCUT2D eigenvalue weighted by atomic mass is 35.5. The first-order valence-corrected chi connectivity index (χ1v) is 14.6. The quantitative estimate of drug-likeness (QED) is 0.256. The second kappa shape index (κ2) is 14.0. The molecule has 3 rings (SSSR count). The number of thiophene rings is 1. The summed E-state index contributed by atoms with van der Waals surface area (Å²) in [4.78, 5) is 32.0. The molecule has 2 unspecified atom stereocenters. The maximum absolute atomic E-state index is 13.7. The lowest BCUT2D eigenvalue weighted by atomic mass is 9.93. The van der Waals surface area contributed by atoms with Crippen LogP contribution in [0.2, 0.25) is 5.02 Å². The maximum Gasteiger partial charge on any atom is 0.243 e. The molecule has 0 spiro atoms. The Kier molecular flexibility index (Phi) is 11.1. The van der Waals surface area contributed by atoms with Gasteiger partial charge in [0.2, 0.25) is 11.8 Å². The predicted molar refractivity (Wildman–Crippen MR) is 147 cm³/mol. The zero-order chi connectivity index (χ0) is 25.2. The van der Waals surface area contributed by atoms with E-state index in [0.29, 0.717) is 18.0 Å². The first-order valence-electron chi connectivity index (χ1n) is 13.4. The molecule has 6 heteroatoms. The summed E-state index contributed by atoms with van der Waals surface area (Å²) < 4.78 is 0. The number of unbranched alkanes of at least 4 members (excludes halogenated alkanes) is 6. The lowest BCUT2D eigenvalue weighted by Gasteiger charge is -2.38. The fourth-order valence-electron chi connectivity index (χ4n) is 4.91. The van der Waals surface area contributed by atoms with E-state index in [2.05, 4.69) is 32.2 Å². The molecule has 35 heavy (non-hydrogen) atoms. The zero-order valence-electron chi connectivity index (χ0n) is 21.6. The molecule has 2 aromatic rings. The summed E-state index contributed by atoms with van der Waals surface area (Å²) in [6, 6.07) is 9.85. The molecule has 0 bridgehead atoms. The van der Waals surface area contributed by atoms with Crippen LogP contribution in [0.1, 0.15) is 101 Å².